The second-order valence-electron chi connectivity index (χ2n) is 10.4. The van der Waals surface area contributed by atoms with Gasteiger partial charge in [0.15, 0.2) is 5.13 Å². The van der Waals surface area contributed by atoms with Crippen molar-refractivity contribution in [2.24, 2.45) is 0 Å². The van der Waals surface area contributed by atoms with Crippen LogP contribution >= 0.6 is 57.6 Å². The summed E-state index contributed by atoms with van der Waals surface area (Å²) in [7, 11) is 0. The summed E-state index contributed by atoms with van der Waals surface area (Å²) < 4.78 is 0. The maximum atomic E-state index is 13.7. The molecule has 49 heavy (non-hydrogen) atoms. The van der Waals surface area contributed by atoms with Gasteiger partial charge >= 0.3 is 0 Å². The molecule has 0 aliphatic carbocycles. The monoisotopic (exact) mass is 740 g/mol. The number of anilines is 2. The summed E-state index contributed by atoms with van der Waals surface area (Å²) in [6.07, 6.45) is 1.44. The van der Waals surface area contributed by atoms with E-state index in [9.17, 15) is 14.4 Å². The molecule has 2 heterocycles. The van der Waals surface area contributed by atoms with E-state index in [4.69, 9.17) is 23.2 Å². The summed E-state index contributed by atoms with van der Waals surface area (Å²) in [5, 5.41) is 13.0. The van der Waals surface area contributed by atoms with Gasteiger partial charge in [0.1, 0.15) is 10.9 Å². The third kappa shape index (κ3) is 8.86. The lowest BCUT2D eigenvalue weighted by atomic mass is 10.1. The number of benzene rings is 4. The van der Waals surface area contributed by atoms with Gasteiger partial charge in [-0.15, -0.1) is 34.4 Å². The summed E-state index contributed by atoms with van der Waals surface area (Å²) in [6.45, 7) is 0. The fraction of sp³-hybridized carbons (Fsp3) is 0.0270. The number of thioether (sulfide) groups is 1. The minimum absolute atomic E-state index is 0.0613. The first kappa shape index (κ1) is 34.2. The Hall–Kier alpha value is -4.71. The van der Waals surface area contributed by atoms with E-state index in [0.717, 1.165) is 21.0 Å². The number of nitrogens with one attached hydrogen (secondary N) is 3. The smallest absolute Gasteiger partial charge is 0.272 e. The second kappa shape index (κ2) is 16.1. The largest absolute Gasteiger partial charge is 0.321 e. The zero-order valence-corrected chi connectivity index (χ0v) is 29.4. The number of aromatic nitrogens is 1. The molecular weight excluding hydrogens is 716 g/mol. The molecule has 0 radical (unpaired) electrons. The van der Waals surface area contributed by atoms with Crippen LogP contribution in [0.25, 0.3) is 16.6 Å². The fourth-order valence-electron chi connectivity index (χ4n) is 4.66. The van der Waals surface area contributed by atoms with Crippen LogP contribution in [-0.4, -0.2) is 22.7 Å². The minimum atomic E-state index is -0.621. The quantitative estimate of drug-likeness (QED) is 0.0907. The topological polar surface area (TPSA) is 100 Å². The molecule has 1 unspecified atom stereocenters. The van der Waals surface area contributed by atoms with E-state index in [1.165, 1.54) is 29.2 Å². The Morgan fingerprint density at radius 3 is 2.20 bits per heavy atom. The molecule has 0 spiro atoms. The van der Waals surface area contributed by atoms with Gasteiger partial charge in [-0.25, -0.2) is 4.98 Å². The summed E-state index contributed by atoms with van der Waals surface area (Å²) in [4.78, 5) is 46.9. The molecule has 3 amide bonds. The van der Waals surface area contributed by atoms with Gasteiger partial charge in [-0.3, -0.25) is 14.4 Å². The van der Waals surface area contributed by atoms with E-state index in [2.05, 4.69) is 20.9 Å². The second-order valence-corrected chi connectivity index (χ2v) is 14.2. The number of thiazole rings is 1. The highest BCUT2D eigenvalue weighted by atomic mass is 35.5. The highest BCUT2D eigenvalue weighted by Crippen LogP contribution is 2.38. The zero-order chi connectivity index (χ0) is 34.2. The fourth-order valence-corrected chi connectivity index (χ4v) is 7.72. The van der Waals surface area contributed by atoms with Crippen molar-refractivity contribution in [2.75, 3.05) is 10.6 Å². The summed E-state index contributed by atoms with van der Waals surface area (Å²) in [5.74, 6) is -1.30. The normalized spacial score (nSPS) is 11.8. The van der Waals surface area contributed by atoms with Gasteiger partial charge in [-0.2, -0.15) is 0 Å². The van der Waals surface area contributed by atoms with Gasteiger partial charge in [-0.05, 0) is 65.6 Å². The van der Waals surface area contributed by atoms with Crippen LogP contribution in [0.2, 0.25) is 10.0 Å². The van der Waals surface area contributed by atoms with E-state index in [0.29, 0.717) is 32.0 Å². The van der Waals surface area contributed by atoms with Crippen molar-refractivity contribution in [2.45, 2.75) is 10.1 Å². The number of thiophene rings is 1. The highest BCUT2D eigenvalue weighted by Gasteiger charge is 2.24. The van der Waals surface area contributed by atoms with Crippen LogP contribution in [0, 0.1) is 0 Å². The van der Waals surface area contributed by atoms with E-state index < -0.39 is 17.1 Å². The van der Waals surface area contributed by atoms with Gasteiger partial charge in [0.25, 0.3) is 11.8 Å². The molecule has 0 saturated heterocycles. The molecule has 6 aromatic rings. The molecule has 0 fully saturated rings. The standard InChI is InChI=1S/C37H26Cl2N4O3S3/c38-28-16-8-17-29(39)27(28)21-30(41-34(44)24-12-5-2-6-13-24)35(45)40-25-14-7-15-26(20-25)49-33(23-10-3-1-4-11-23)36(46)43-37-42-31(22-48-37)32-18-9-19-47-32/h1-22,33H,(H,40,45)(H,41,44)(H,42,43,46)/b30-21+. The molecule has 0 aliphatic heterocycles. The van der Waals surface area contributed by atoms with Crippen LogP contribution in [0.4, 0.5) is 10.8 Å². The number of rotatable bonds is 11. The lowest BCUT2D eigenvalue weighted by Crippen LogP contribution is -2.30. The molecule has 7 nitrogen and oxygen atoms in total. The predicted octanol–water partition coefficient (Wildman–Crippen LogP) is 10.1. The van der Waals surface area contributed by atoms with Gasteiger partial charge in [0.05, 0.1) is 10.6 Å². The number of carbonyl (C=O) groups excluding carboxylic acids is 3. The molecule has 6 rings (SSSR count). The SMILES string of the molecule is O=C(Nc1cccc(SC(C(=O)Nc2nc(-c3cccs3)cs2)c2ccccc2)c1)/C(=C\c1c(Cl)cccc1Cl)NC(=O)c1ccccc1. The molecule has 244 valence electrons. The Bertz CT molecular complexity index is 2100. The van der Waals surface area contributed by atoms with Crippen molar-refractivity contribution in [3.05, 3.63) is 158 Å². The van der Waals surface area contributed by atoms with Gasteiger partial charge < -0.3 is 16.0 Å². The van der Waals surface area contributed by atoms with Crippen molar-refractivity contribution in [3.63, 3.8) is 0 Å². The van der Waals surface area contributed by atoms with E-state index in [1.807, 2.05) is 59.3 Å². The van der Waals surface area contributed by atoms with Gasteiger partial charge in [0, 0.05) is 37.1 Å². The van der Waals surface area contributed by atoms with Crippen LogP contribution < -0.4 is 16.0 Å². The number of halogens is 2. The highest BCUT2D eigenvalue weighted by molar-refractivity contribution is 8.00. The molecule has 3 N–H and O–H groups in total. The van der Waals surface area contributed by atoms with Crippen LogP contribution in [0.1, 0.15) is 26.7 Å². The van der Waals surface area contributed by atoms with Crippen LogP contribution in [-0.2, 0) is 9.59 Å². The summed E-state index contributed by atoms with van der Waals surface area (Å²) in [5.41, 5.74) is 2.76. The van der Waals surface area contributed by atoms with Crippen molar-refractivity contribution < 1.29 is 14.4 Å². The third-order valence-electron chi connectivity index (χ3n) is 7.01. The number of amides is 3. The van der Waals surface area contributed by atoms with Crippen molar-refractivity contribution in [1.29, 1.82) is 0 Å². The van der Waals surface area contributed by atoms with E-state index in [-0.39, 0.29) is 11.6 Å². The number of hydrogen-bond acceptors (Lipinski definition) is 7. The average Bonchev–Trinajstić information content (AvgIpc) is 3.82. The Morgan fingerprint density at radius 1 is 0.776 bits per heavy atom. The summed E-state index contributed by atoms with van der Waals surface area (Å²) in [6, 6.07) is 34.1. The van der Waals surface area contributed by atoms with E-state index in [1.54, 1.807) is 78.1 Å². The van der Waals surface area contributed by atoms with Gasteiger partial charge in [0.2, 0.25) is 5.91 Å². The molecule has 0 saturated carbocycles. The summed E-state index contributed by atoms with van der Waals surface area (Å²) >= 11 is 17.1. The molecule has 12 heteroatoms. The number of nitrogens with zero attached hydrogens (tertiary/aromatic N) is 1. The lowest BCUT2D eigenvalue weighted by molar-refractivity contribution is -0.116. The van der Waals surface area contributed by atoms with E-state index >= 15 is 0 Å². The van der Waals surface area contributed by atoms with Crippen molar-refractivity contribution in [3.8, 4) is 10.6 Å². The molecule has 1 atom stereocenters. The maximum absolute atomic E-state index is 13.7. The number of hydrogen-bond donors (Lipinski definition) is 3. The van der Waals surface area contributed by atoms with Crippen molar-refractivity contribution in [1.82, 2.24) is 10.3 Å². The Kier molecular flexibility index (Phi) is 11.2. The van der Waals surface area contributed by atoms with Crippen LogP contribution in [0.15, 0.2) is 137 Å². The first-order valence-electron chi connectivity index (χ1n) is 14.8. The predicted molar refractivity (Wildman–Crippen MR) is 203 cm³/mol. The Labute approximate surface area is 305 Å². The van der Waals surface area contributed by atoms with Gasteiger partial charge in [-0.1, -0.05) is 89.9 Å². The molecule has 0 aliphatic rings. The first-order chi connectivity index (χ1) is 23.8. The Balaban J connectivity index is 1.23. The molecule has 4 aromatic carbocycles. The first-order valence-corrected chi connectivity index (χ1v) is 18.2. The molecule has 2 aromatic heterocycles. The van der Waals surface area contributed by atoms with Crippen LogP contribution in [0.5, 0.6) is 0 Å². The number of carbonyl (C=O) groups is 3. The average molecular weight is 742 g/mol. The van der Waals surface area contributed by atoms with Crippen LogP contribution in [0.3, 0.4) is 0 Å². The third-order valence-corrected chi connectivity index (χ3v) is 10.6. The molecular formula is C37H26Cl2N4O3S3. The minimum Gasteiger partial charge on any atom is -0.321 e. The zero-order valence-electron chi connectivity index (χ0n) is 25.4. The maximum Gasteiger partial charge on any atom is 0.272 e. The van der Waals surface area contributed by atoms with Crippen molar-refractivity contribution >= 4 is 92.3 Å². The Morgan fingerprint density at radius 2 is 1.49 bits per heavy atom. The molecule has 0 bridgehead atoms. The lowest BCUT2D eigenvalue weighted by Gasteiger charge is -2.17.